The van der Waals surface area contributed by atoms with Crippen molar-refractivity contribution >= 4 is 28.2 Å². The van der Waals surface area contributed by atoms with Crippen LogP contribution < -0.4 is 14.8 Å². The first-order chi connectivity index (χ1) is 15.7. The maximum atomic E-state index is 13.2. The first kappa shape index (κ1) is 20.5. The molecule has 1 amide bonds. The van der Waals surface area contributed by atoms with Gasteiger partial charge in [-0.05, 0) is 61.6 Å². The lowest BCUT2D eigenvalue weighted by Gasteiger charge is -2.22. The molecule has 0 radical (unpaired) electrons. The van der Waals surface area contributed by atoms with Crippen molar-refractivity contribution in [2.75, 3.05) is 12.1 Å². The third kappa shape index (κ3) is 4.18. The number of nitrogens with one attached hydrogen (secondary N) is 1. The second-order valence-corrected chi connectivity index (χ2v) is 8.66. The largest absolute Gasteiger partial charge is 0.459 e. The van der Waals surface area contributed by atoms with Crippen molar-refractivity contribution in [2.24, 2.45) is 0 Å². The lowest BCUT2D eigenvalue weighted by molar-refractivity contribution is 0.0213. The van der Waals surface area contributed by atoms with Crippen molar-refractivity contribution in [2.45, 2.75) is 38.2 Å². The summed E-state index contributed by atoms with van der Waals surface area (Å²) in [4.78, 5) is 30.3. The molecule has 0 atom stereocenters. The zero-order chi connectivity index (χ0) is 21.9. The maximum Gasteiger partial charge on any atom is 0.342 e. The standard InChI is InChI=1S/C24H22N2O5S/c27-22(16-6-7-19-20(12-16)30-14-29-19)26-23-21(24(28)31-17-4-2-1-3-5-17)18(13-32-23)15-8-10-25-11-9-15/h6-13,17H,1-5,14H2,(H,26,27). The Morgan fingerprint density at radius 1 is 1.03 bits per heavy atom. The number of pyridine rings is 1. The highest BCUT2D eigenvalue weighted by Crippen LogP contribution is 2.38. The second kappa shape index (κ2) is 9.00. The van der Waals surface area contributed by atoms with Gasteiger partial charge in [0, 0.05) is 28.9 Å². The Hall–Kier alpha value is -3.39. The highest BCUT2D eigenvalue weighted by Gasteiger charge is 2.27. The van der Waals surface area contributed by atoms with Gasteiger partial charge in [-0.1, -0.05) is 6.42 Å². The van der Waals surface area contributed by atoms with Crippen LogP contribution in [0.3, 0.4) is 0 Å². The average Bonchev–Trinajstić information content (AvgIpc) is 3.47. The van der Waals surface area contributed by atoms with Crippen molar-refractivity contribution in [1.82, 2.24) is 4.98 Å². The number of anilines is 1. The number of carbonyl (C=O) groups is 2. The monoisotopic (exact) mass is 450 g/mol. The van der Waals surface area contributed by atoms with Crippen LogP contribution in [0.15, 0.2) is 48.1 Å². The number of rotatable bonds is 5. The van der Waals surface area contributed by atoms with Gasteiger partial charge in [-0.2, -0.15) is 0 Å². The number of aromatic nitrogens is 1. The number of hydrogen-bond acceptors (Lipinski definition) is 7. The van der Waals surface area contributed by atoms with E-state index in [9.17, 15) is 9.59 Å². The molecule has 2 aliphatic rings. The Kier molecular flexibility index (Phi) is 5.77. The molecule has 7 nitrogen and oxygen atoms in total. The first-order valence-corrected chi connectivity index (χ1v) is 11.5. The van der Waals surface area contributed by atoms with Gasteiger partial charge in [0.15, 0.2) is 11.5 Å². The van der Waals surface area contributed by atoms with Crippen molar-refractivity contribution in [1.29, 1.82) is 0 Å². The van der Waals surface area contributed by atoms with Gasteiger partial charge in [0.05, 0.1) is 0 Å². The molecule has 3 heterocycles. The van der Waals surface area contributed by atoms with Gasteiger partial charge >= 0.3 is 5.97 Å². The fourth-order valence-corrected chi connectivity index (χ4v) is 4.96. The SMILES string of the molecule is O=C(Nc1scc(-c2ccncc2)c1C(=O)OC1CCCCC1)c1ccc2c(c1)OCO2. The smallest absolute Gasteiger partial charge is 0.342 e. The van der Waals surface area contributed by atoms with Gasteiger partial charge in [0.1, 0.15) is 16.7 Å². The summed E-state index contributed by atoms with van der Waals surface area (Å²) in [5.41, 5.74) is 2.36. The molecule has 1 saturated carbocycles. The number of fused-ring (bicyclic) bond motifs is 1. The number of carbonyl (C=O) groups excluding carboxylic acids is 2. The molecule has 1 aromatic carbocycles. The first-order valence-electron chi connectivity index (χ1n) is 10.6. The Morgan fingerprint density at radius 3 is 2.62 bits per heavy atom. The average molecular weight is 451 g/mol. The van der Waals surface area contributed by atoms with E-state index in [0.29, 0.717) is 27.6 Å². The van der Waals surface area contributed by atoms with E-state index in [0.717, 1.165) is 36.8 Å². The van der Waals surface area contributed by atoms with E-state index in [2.05, 4.69) is 10.3 Å². The van der Waals surface area contributed by atoms with Crippen LogP contribution in [0.1, 0.15) is 52.8 Å². The van der Waals surface area contributed by atoms with Gasteiger partial charge in [0.2, 0.25) is 6.79 Å². The summed E-state index contributed by atoms with van der Waals surface area (Å²) in [7, 11) is 0. The van der Waals surface area contributed by atoms with Gasteiger partial charge in [-0.15, -0.1) is 11.3 Å². The molecule has 8 heteroatoms. The molecular weight excluding hydrogens is 428 g/mol. The summed E-state index contributed by atoms with van der Waals surface area (Å²) < 4.78 is 16.5. The molecule has 3 aromatic rings. The predicted molar refractivity (Wildman–Crippen MR) is 120 cm³/mol. The van der Waals surface area contributed by atoms with Crippen LogP contribution >= 0.6 is 11.3 Å². The van der Waals surface area contributed by atoms with Crippen molar-refractivity contribution in [3.05, 3.63) is 59.2 Å². The van der Waals surface area contributed by atoms with Crippen LogP contribution in [-0.4, -0.2) is 29.8 Å². The van der Waals surface area contributed by atoms with E-state index in [4.69, 9.17) is 14.2 Å². The van der Waals surface area contributed by atoms with Crippen LogP contribution in [0.4, 0.5) is 5.00 Å². The highest BCUT2D eigenvalue weighted by atomic mass is 32.1. The highest BCUT2D eigenvalue weighted by molar-refractivity contribution is 7.15. The van der Waals surface area contributed by atoms with Crippen molar-refractivity contribution < 1.29 is 23.8 Å². The molecule has 5 rings (SSSR count). The number of hydrogen-bond donors (Lipinski definition) is 1. The Bertz CT molecular complexity index is 1140. The summed E-state index contributed by atoms with van der Waals surface area (Å²) in [5.74, 6) is 0.386. The molecule has 0 unspecified atom stereocenters. The summed E-state index contributed by atoms with van der Waals surface area (Å²) in [5, 5.41) is 5.21. The zero-order valence-corrected chi connectivity index (χ0v) is 18.2. The Labute approximate surface area is 189 Å². The number of ether oxygens (including phenoxy) is 3. The van der Waals surface area contributed by atoms with Gasteiger partial charge in [-0.3, -0.25) is 9.78 Å². The molecule has 0 saturated heterocycles. The van der Waals surface area contributed by atoms with Gasteiger partial charge < -0.3 is 19.5 Å². The third-order valence-electron chi connectivity index (χ3n) is 5.67. The molecule has 1 fully saturated rings. The minimum atomic E-state index is -0.411. The number of nitrogens with zero attached hydrogens (tertiary/aromatic N) is 1. The van der Waals surface area contributed by atoms with E-state index >= 15 is 0 Å². The summed E-state index contributed by atoms with van der Waals surface area (Å²) in [6.07, 6.45) is 8.31. The quantitative estimate of drug-likeness (QED) is 0.532. The summed E-state index contributed by atoms with van der Waals surface area (Å²) >= 11 is 1.30. The van der Waals surface area contributed by atoms with Crippen molar-refractivity contribution in [3.8, 4) is 22.6 Å². The van der Waals surface area contributed by atoms with E-state index in [-0.39, 0.29) is 18.8 Å². The third-order valence-corrected chi connectivity index (χ3v) is 6.57. The van der Waals surface area contributed by atoms with E-state index < -0.39 is 5.97 Å². The Morgan fingerprint density at radius 2 is 1.81 bits per heavy atom. The fourth-order valence-electron chi connectivity index (χ4n) is 4.00. The summed E-state index contributed by atoms with van der Waals surface area (Å²) in [6.45, 7) is 0.137. The molecular formula is C24H22N2O5S. The lowest BCUT2D eigenvalue weighted by Crippen LogP contribution is -2.22. The zero-order valence-electron chi connectivity index (χ0n) is 17.3. The number of esters is 1. The number of thiophene rings is 1. The minimum Gasteiger partial charge on any atom is -0.459 e. The van der Waals surface area contributed by atoms with Gasteiger partial charge in [0.25, 0.3) is 5.91 Å². The molecule has 1 aliphatic heterocycles. The lowest BCUT2D eigenvalue weighted by atomic mass is 9.97. The summed E-state index contributed by atoms with van der Waals surface area (Å²) in [6, 6.07) is 8.67. The molecule has 1 aliphatic carbocycles. The van der Waals surface area contributed by atoms with Crippen LogP contribution in [0, 0.1) is 0 Å². The predicted octanol–water partition coefficient (Wildman–Crippen LogP) is 5.28. The van der Waals surface area contributed by atoms with Gasteiger partial charge in [-0.25, -0.2) is 4.79 Å². The minimum absolute atomic E-state index is 0.0844. The van der Waals surface area contributed by atoms with Crippen LogP contribution in [0.5, 0.6) is 11.5 Å². The number of benzene rings is 1. The van der Waals surface area contributed by atoms with E-state index in [1.165, 1.54) is 17.8 Å². The maximum absolute atomic E-state index is 13.2. The molecule has 1 N–H and O–H groups in total. The second-order valence-electron chi connectivity index (χ2n) is 7.78. The van der Waals surface area contributed by atoms with E-state index in [1.807, 2.05) is 17.5 Å². The van der Waals surface area contributed by atoms with Crippen LogP contribution in [0.2, 0.25) is 0 Å². The topological polar surface area (TPSA) is 86.8 Å². The van der Waals surface area contributed by atoms with Crippen LogP contribution in [0.25, 0.3) is 11.1 Å². The van der Waals surface area contributed by atoms with E-state index in [1.54, 1.807) is 30.6 Å². The molecule has 164 valence electrons. The number of amides is 1. The Balaban J connectivity index is 1.44. The molecule has 32 heavy (non-hydrogen) atoms. The van der Waals surface area contributed by atoms with Crippen LogP contribution in [-0.2, 0) is 4.74 Å². The molecule has 0 bridgehead atoms. The van der Waals surface area contributed by atoms with Crippen molar-refractivity contribution in [3.63, 3.8) is 0 Å². The molecule has 2 aromatic heterocycles. The fraction of sp³-hybridized carbons (Fsp3) is 0.292. The molecule has 0 spiro atoms. The normalized spacial score (nSPS) is 15.4.